The lowest BCUT2D eigenvalue weighted by molar-refractivity contribution is -0.121. The smallest absolute Gasteiger partial charge is 0.234 e. The van der Waals surface area contributed by atoms with Crippen LogP contribution in [-0.2, 0) is 16.1 Å². The first-order valence-corrected chi connectivity index (χ1v) is 6.26. The predicted molar refractivity (Wildman–Crippen MR) is 70.1 cm³/mol. The number of hydrogen-bond acceptors (Lipinski definition) is 3. The van der Waals surface area contributed by atoms with E-state index in [1.807, 2.05) is 24.3 Å². The fourth-order valence-electron chi connectivity index (χ4n) is 1.95. The second-order valence-electron chi connectivity index (χ2n) is 4.82. The SMILES string of the molecule is CC(C)NCc1ccc(N2C(=O)CCC2=O)cc1. The Labute approximate surface area is 107 Å². The molecule has 1 N–H and O–H groups in total. The van der Waals surface area contributed by atoms with Crippen LogP contribution in [0.2, 0.25) is 0 Å². The number of imide groups is 1. The summed E-state index contributed by atoms with van der Waals surface area (Å²) in [7, 11) is 0. The highest BCUT2D eigenvalue weighted by atomic mass is 16.2. The van der Waals surface area contributed by atoms with E-state index in [1.165, 1.54) is 4.90 Å². The minimum Gasteiger partial charge on any atom is -0.310 e. The van der Waals surface area contributed by atoms with Gasteiger partial charge in [-0.05, 0) is 17.7 Å². The standard InChI is InChI=1S/C14H18N2O2/c1-10(2)15-9-11-3-5-12(6-4-11)16-13(17)7-8-14(16)18/h3-6,10,15H,7-9H2,1-2H3. The first kappa shape index (κ1) is 12.8. The molecule has 1 fully saturated rings. The number of anilines is 1. The maximum Gasteiger partial charge on any atom is 0.234 e. The van der Waals surface area contributed by atoms with Crippen molar-refractivity contribution < 1.29 is 9.59 Å². The number of carbonyl (C=O) groups is 2. The van der Waals surface area contributed by atoms with Crippen molar-refractivity contribution in [2.75, 3.05) is 4.90 Å². The van der Waals surface area contributed by atoms with Crippen molar-refractivity contribution in [1.82, 2.24) is 5.32 Å². The molecule has 0 radical (unpaired) electrons. The van der Waals surface area contributed by atoms with E-state index in [-0.39, 0.29) is 11.8 Å². The molecule has 4 heteroatoms. The van der Waals surface area contributed by atoms with Crippen molar-refractivity contribution in [1.29, 1.82) is 0 Å². The van der Waals surface area contributed by atoms with Gasteiger partial charge in [0.15, 0.2) is 0 Å². The average molecular weight is 246 g/mol. The summed E-state index contributed by atoms with van der Waals surface area (Å²) >= 11 is 0. The number of nitrogens with one attached hydrogen (secondary N) is 1. The third-order valence-corrected chi connectivity index (χ3v) is 2.96. The van der Waals surface area contributed by atoms with Crippen molar-refractivity contribution in [2.45, 2.75) is 39.3 Å². The predicted octanol–water partition coefficient (Wildman–Crippen LogP) is 1.84. The van der Waals surface area contributed by atoms with Crippen LogP contribution < -0.4 is 10.2 Å². The Kier molecular flexibility index (Phi) is 3.77. The fourth-order valence-corrected chi connectivity index (χ4v) is 1.95. The van der Waals surface area contributed by atoms with Crippen LogP contribution in [0.1, 0.15) is 32.3 Å². The lowest BCUT2D eigenvalue weighted by Crippen LogP contribution is -2.28. The molecule has 0 aliphatic carbocycles. The van der Waals surface area contributed by atoms with Gasteiger partial charge in [0.25, 0.3) is 0 Å². The maximum absolute atomic E-state index is 11.6. The molecule has 0 atom stereocenters. The summed E-state index contributed by atoms with van der Waals surface area (Å²) in [5, 5.41) is 3.32. The van der Waals surface area contributed by atoms with E-state index in [2.05, 4.69) is 19.2 Å². The van der Waals surface area contributed by atoms with Gasteiger partial charge in [-0.2, -0.15) is 0 Å². The van der Waals surface area contributed by atoms with Crippen LogP contribution >= 0.6 is 0 Å². The van der Waals surface area contributed by atoms with E-state index >= 15 is 0 Å². The van der Waals surface area contributed by atoms with E-state index in [0.717, 1.165) is 12.1 Å². The van der Waals surface area contributed by atoms with Crippen molar-refractivity contribution in [3.63, 3.8) is 0 Å². The third-order valence-electron chi connectivity index (χ3n) is 2.96. The Balaban J connectivity index is 2.07. The Morgan fingerprint density at radius 2 is 1.67 bits per heavy atom. The summed E-state index contributed by atoms with van der Waals surface area (Å²) in [5.74, 6) is -0.207. The molecular formula is C14H18N2O2. The molecule has 2 rings (SSSR count). The van der Waals surface area contributed by atoms with Crippen molar-refractivity contribution in [3.05, 3.63) is 29.8 Å². The highest BCUT2D eigenvalue weighted by Crippen LogP contribution is 2.22. The van der Waals surface area contributed by atoms with Gasteiger partial charge in [-0.1, -0.05) is 26.0 Å². The summed E-state index contributed by atoms with van der Waals surface area (Å²) in [4.78, 5) is 24.4. The second-order valence-corrected chi connectivity index (χ2v) is 4.82. The van der Waals surface area contributed by atoms with Crippen LogP contribution in [0.3, 0.4) is 0 Å². The molecule has 0 bridgehead atoms. The average Bonchev–Trinajstić information content (AvgIpc) is 2.67. The summed E-state index contributed by atoms with van der Waals surface area (Å²) in [5.41, 5.74) is 1.82. The van der Waals surface area contributed by atoms with Gasteiger partial charge < -0.3 is 5.32 Å². The molecule has 1 aromatic carbocycles. The molecule has 18 heavy (non-hydrogen) atoms. The molecule has 4 nitrogen and oxygen atoms in total. The minimum atomic E-state index is -0.104. The fraction of sp³-hybridized carbons (Fsp3) is 0.429. The zero-order valence-electron chi connectivity index (χ0n) is 10.8. The Bertz CT molecular complexity index is 435. The maximum atomic E-state index is 11.6. The van der Waals surface area contributed by atoms with Crippen molar-refractivity contribution in [2.24, 2.45) is 0 Å². The lowest BCUT2D eigenvalue weighted by atomic mass is 10.2. The number of nitrogens with zero attached hydrogens (tertiary/aromatic N) is 1. The number of benzene rings is 1. The van der Waals surface area contributed by atoms with E-state index in [0.29, 0.717) is 24.6 Å². The van der Waals surface area contributed by atoms with Crippen LogP contribution in [0.5, 0.6) is 0 Å². The van der Waals surface area contributed by atoms with Crippen LogP contribution in [0.25, 0.3) is 0 Å². The number of hydrogen-bond donors (Lipinski definition) is 1. The molecule has 0 spiro atoms. The molecule has 1 aliphatic heterocycles. The minimum absolute atomic E-state index is 0.104. The van der Waals surface area contributed by atoms with Crippen LogP contribution in [0.4, 0.5) is 5.69 Å². The summed E-state index contributed by atoms with van der Waals surface area (Å²) in [6, 6.07) is 8.00. The zero-order chi connectivity index (χ0) is 13.1. The van der Waals surface area contributed by atoms with Crippen LogP contribution in [-0.4, -0.2) is 17.9 Å². The molecule has 1 aliphatic rings. The normalized spacial score (nSPS) is 15.8. The third kappa shape index (κ3) is 2.76. The van der Waals surface area contributed by atoms with Gasteiger partial charge in [0.2, 0.25) is 11.8 Å². The number of carbonyl (C=O) groups excluding carboxylic acids is 2. The Morgan fingerprint density at radius 3 is 2.17 bits per heavy atom. The second kappa shape index (κ2) is 5.31. The molecule has 1 aromatic rings. The summed E-state index contributed by atoms with van der Waals surface area (Å²) in [6.45, 7) is 4.98. The van der Waals surface area contributed by atoms with E-state index in [9.17, 15) is 9.59 Å². The summed E-state index contributed by atoms with van der Waals surface area (Å²) in [6.07, 6.45) is 0.658. The first-order valence-electron chi connectivity index (χ1n) is 6.26. The molecule has 0 aromatic heterocycles. The quantitative estimate of drug-likeness (QED) is 0.825. The van der Waals surface area contributed by atoms with Crippen molar-refractivity contribution >= 4 is 17.5 Å². The molecule has 2 amide bonds. The van der Waals surface area contributed by atoms with Crippen LogP contribution in [0, 0.1) is 0 Å². The Hall–Kier alpha value is -1.68. The van der Waals surface area contributed by atoms with Gasteiger partial charge in [-0.15, -0.1) is 0 Å². The van der Waals surface area contributed by atoms with Gasteiger partial charge >= 0.3 is 0 Å². The molecule has 0 unspecified atom stereocenters. The molecular weight excluding hydrogens is 228 g/mol. The van der Waals surface area contributed by atoms with Gasteiger partial charge in [0.05, 0.1) is 5.69 Å². The number of amides is 2. The van der Waals surface area contributed by atoms with Gasteiger partial charge in [0, 0.05) is 25.4 Å². The van der Waals surface area contributed by atoms with Gasteiger partial charge in [-0.25, -0.2) is 0 Å². The van der Waals surface area contributed by atoms with Gasteiger partial charge in [-0.3, -0.25) is 14.5 Å². The zero-order valence-corrected chi connectivity index (χ0v) is 10.8. The monoisotopic (exact) mass is 246 g/mol. The Morgan fingerprint density at radius 1 is 1.11 bits per heavy atom. The molecule has 96 valence electrons. The highest BCUT2D eigenvalue weighted by molar-refractivity contribution is 6.19. The van der Waals surface area contributed by atoms with E-state index in [1.54, 1.807) is 0 Å². The van der Waals surface area contributed by atoms with Crippen molar-refractivity contribution in [3.8, 4) is 0 Å². The topological polar surface area (TPSA) is 49.4 Å². The molecule has 0 saturated carbocycles. The molecule has 1 saturated heterocycles. The van der Waals surface area contributed by atoms with E-state index < -0.39 is 0 Å². The highest BCUT2D eigenvalue weighted by Gasteiger charge is 2.29. The molecule has 1 heterocycles. The van der Waals surface area contributed by atoms with E-state index in [4.69, 9.17) is 0 Å². The van der Waals surface area contributed by atoms with Gasteiger partial charge in [0.1, 0.15) is 0 Å². The first-order chi connectivity index (χ1) is 8.58. The lowest BCUT2D eigenvalue weighted by Gasteiger charge is -2.14. The summed E-state index contributed by atoms with van der Waals surface area (Å²) < 4.78 is 0. The largest absolute Gasteiger partial charge is 0.310 e. The number of rotatable bonds is 4. The van der Waals surface area contributed by atoms with Crippen LogP contribution in [0.15, 0.2) is 24.3 Å².